The molecular formula is C22H25BrF2N2O4. The van der Waals surface area contributed by atoms with Gasteiger partial charge in [0, 0.05) is 30.0 Å². The highest BCUT2D eigenvalue weighted by atomic mass is 79.9. The SMILES string of the molecule is CC(=O)N[C@@H](Cc1cc(F)cc(F)c1)[C@H](O)CNC(c1cccc(Br)c1)C(C)C(=O)O. The zero-order valence-corrected chi connectivity index (χ0v) is 18.7. The number of carbonyl (C=O) groups is 2. The molecule has 0 aliphatic rings. The Morgan fingerprint density at radius 2 is 1.77 bits per heavy atom. The summed E-state index contributed by atoms with van der Waals surface area (Å²) < 4.78 is 27.8. The second-order valence-electron chi connectivity index (χ2n) is 7.42. The van der Waals surface area contributed by atoms with Gasteiger partial charge in [0.2, 0.25) is 5.91 Å². The van der Waals surface area contributed by atoms with Gasteiger partial charge in [0.1, 0.15) is 11.6 Å². The van der Waals surface area contributed by atoms with Crippen LogP contribution in [-0.4, -0.2) is 40.8 Å². The van der Waals surface area contributed by atoms with Gasteiger partial charge in [-0.2, -0.15) is 0 Å². The van der Waals surface area contributed by atoms with E-state index in [2.05, 4.69) is 26.6 Å². The van der Waals surface area contributed by atoms with Crippen LogP contribution in [0.25, 0.3) is 0 Å². The number of carboxylic acid groups (broad SMARTS) is 1. The molecule has 4 atom stereocenters. The lowest BCUT2D eigenvalue weighted by molar-refractivity contribution is -0.142. The number of benzene rings is 2. The molecule has 9 heteroatoms. The highest BCUT2D eigenvalue weighted by Crippen LogP contribution is 2.25. The Bertz CT molecular complexity index is 908. The second-order valence-corrected chi connectivity index (χ2v) is 8.34. The summed E-state index contributed by atoms with van der Waals surface area (Å²) in [6.07, 6.45) is -1.15. The van der Waals surface area contributed by atoms with Crippen LogP contribution >= 0.6 is 15.9 Å². The Labute approximate surface area is 187 Å². The average Bonchev–Trinajstić information content (AvgIpc) is 2.66. The Morgan fingerprint density at radius 1 is 1.13 bits per heavy atom. The van der Waals surface area contributed by atoms with E-state index in [9.17, 15) is 28.6 Å². The third-order valence-electron chi connectivity index (χ3n) is 4.88. The molecule has 0 fully saturated rings. The van der Waals surface area contributed by atoms with Gasteiger partial charge in [-0.3, -0.25) is 9.59 Å². The molecule has 0 saturated carbocycles. The molecule has 2 aromatic rings. The van der Waals surface area contributed by atoms with Gasteiger partial charge in [-0.05, 0) is 41.8 Å². The predicted molar refractivity (Wildman–Crippen MR) is 115 cm³/mol. The summed E-state index contributed by atoms with van der Waals surface area (Å²) in [5.41, 5.74) is 0.984. The summed E-state index contributed by atoms with van der Waals surface area (Å²) in [6, 6.07) is 8.70. The molecule has 0 spiro atoms. The summed E-state index contributed by atoms with van der Waals surface area (Å²) in [4.78, 5) is 23.2. The standard InChI is InChI=1S/C22H25BrF2N2O4/c1-12(22(30)31)21(15-4-3-5-16(23)9-15)26-11-20(29)19(27-13(2)28)8-14-6-17(24)10-18(25)7-14/h3-7,9-10,12,19-21,26,29H,8,11H2,1-2H3,(H,27,28)(H,30,31)/t12?,19-,20+,21?/m0/s1. The molecule has 31 heavy (non-hydrogen) atoms. The Kier molecular flexibility index (Phi) is 9.09. The predicted octanol–water partition coefficient (Wildman–Crippen LogP) is 3.19. The van der Waals surface area contributed by atoms with E-state index in [1.165, 1.54) is 6.92 Å². The lowest BCUT2D eigenvalue weighted by Crippen LogP contribution is -2.49. The van der Waals surface area contributed by atoms with Crippen molar-refractivity contribution in [1.29, 1.82) is 0 Å². The van der Waals surface area contributed by atoms with Crippen LogP contribution in [0.15, 0.2) is 46.9 Å². The summed E-state index contributed by atoms with van der Waals surface area (Å²) in [5, 5.41) is 25.8. The van der Waals surface area contributed by atoms with E-state index >= 15 is 0 Å². The first-order valence-electron chi connectivity index (χ1n) is 9.68. The fraction of sp³-hybridized carbons (Fsp3) is 0.364. The largest absolute Gasteiger partial charge is 0.481 e. The maximum Gasteiger partial charge on any atom is 0.308 e. The smallest absolute Gasteiger partial charge is 0.308 e. The molecule has 168 valence electrons. The van der Waals surface area contributed by atoms with E-state index in [0.717, 1.165) is 22.7 Å². The van der Waals surface area contributed by atoms with Crippen LogP contribution in [-0.2, 0) is 16.0 Å². The van der Waals surface area contributed by atoms with Crippen molar-refractivity contribution in [1.82, 2.24) is 10.6 Å². The van der Waals surface area contributed by atoms with Crippen LogP contribution in [0.3, 0.4) is 0 Å². The molecule has 4 N–H and O–H groups in total. The van der Waals surface area contributed by atoms with Crippen molar-refractivity contribution in [3.8, 4) is 0 Å². The van der Waals surface area contributed by atoms with Gasteiger partial charge in [0.15, 0.2) is 0 Å². The van der Waals surface area contributed by atoms with E-state index in [1.54, 1.807) is 25.1 Å². The molecule has 2 aromatic carbocycles. The highest BCUT2D eigenvalue weighted by Gasteiger charge is 2.28. The number of nitrogens with one attached hydrogen (secondary N) is 2. The first-order chi connectivity index (χ1) is 14.6. The molecule has 0 radical (unpaired) electrons. The van der Waals surface area contributed by atoms with Crippen LogP contribution < -0.4 is 10.6 Å². The van der Waals surface area contributed by atoms with Crippen molar-refractivity contribution in [2.75, 3.05) is 6.54 Å². The third kappa shape index (κ3) is 7.68. The van der Waals surface area contributed by atoms with E-state index in [1.807, 2.05) is 6.07 Å². The van der Waals surface area contributed by atoms with E-state index in [0.29, 0.717) is 5.56 Å². The van der Waals surface area contributed by atoms with Gasteiger partial charge in [-0.25, -0.2) is 8.78 Å². The van der Waals surface area contributed by atoms with Gasteiger partial charge in [0.25, 0.3) is 0 Å². The number of aliphatic hydroxyl groups excluding tert-OH is 1. The van der Waals surface area contributed by atoms with Crippen molar-refractivity contribution in [2.24, 2.45) is 5.92 Å². The number of hydrogen-bond donors (Lipinski definition) is 4. The number of carbonyl (C=O) groups excluding carboxylic acids is 1. The molecule has 0 heterocycles. The second kappa shape index (κ2) is 11.3. The molecule has 0 saturated heterocycles. The van der Waals surface area contributed by atoms with E-state index in [-0.39, 0.29) is 18.5 Å². The first kappa shape index (κ1) is 24.9. The monoisotopic (exact) mass is 498 g/mol. The number of hydrogen-bond acceptors (Lipinski definition) is 4. The maximum absolute atomic E-state index is 13.5. The zero-order chi connectivity index (χ0) is 23.1. The first-order valence-corrected chi connectivity index (χ1v) is 10.5. The highest BCUT2D eigenvalue weighted by molar-refractivity contribution is 9.10. The van der Waals surface area contributed by atoms with Crippen molar-refractivity contribution in [3.05, 3.63) is 69.7 Å². The molecule has 1 amide bonds. The molecule has 2 rings (SSSR count). The van der Waals surface area contributed by atoms with Crippen molar-refractivity contribution in [2.45, 2.75) is 38.5 Å². The minimum Gasteiger partial charge on any atom is -0.481 e. The Morgan fingerprint density at radius 3 is 2.32 bits per heavy atom. The molecule has 0 bridgehead atoms. The number of halogens is 3. The van der Waals surface area contributed by atoms with Gasteiger partial charge >= 0.3 is 5.97 Å². The fourth-order valence-corrected chi connectivity index (χ4v) is 3.76. The van der Waals surface area contributed by atoms with Crippen molar-refractivity contribution >= 4 is 27.8 Å². The van der Waals surface area contributed by atoms with Crippen LogP contribution in [0.5, 0.6) is 0 Å². The topological polar surface area (TPSA) is 98.7 Å². The van der Waals surface area contributed by atoms with E-state index in [4.69, 9.17) is 0 Å². The normalized spacial score (nSPS) is 15.0. The quantitative estimate of drug-likeness (QED) is 0.403. The van der Waals surface area contributed by atoms with Crippen LogP contribution in [0.2, 0.25) is 0 Å². The lowest BCUT2D eigenvalue weighted by atomic mass is 9.93. The summed E-state index contributed by atoms with van der Waals surface area (Å²) in [6.45, 7) is 2.77. The van der Waals surface area contributed by atoms with Crippen molar-refractivity contribution < 1.29 is 28.6 Å². The zero-order valence-electron chi connectivity index (χ0n) is 17.1. The van der Waals surface area contributed by atoms with Crippen LogP contribution in [0.4, 0.5) is 8.78 Å². The lowest BCUT2D eigenvalue weighted by Gasteiger charge is -2.28. The summed E-state index contributed by atoms with van der Waals surface area (Å²) >= 11 is 3.36. The molecular weight excluding hydrogens is 474 g/mol. The van der Waals surface area contributed by atoms with Gasteiger partial charge in [-0.1, -0.05) is 35.0 Å². The molecule has 6 nitrogen and oxygen atoms in total. The fourth-order valence-electron chi connectivity index (χ4n) is 3.34. The Hall–Kier alpha value is -2.36. The number of aliphatic carboxylic acids is 1. The molecule has 0 aliphatic carbocycles. The number of rotatable bonds is 10. The van der Waals surface area contributed by atoms with Gasteiger partial charge in [-0.15, -0.1) is 0 Å². The Balaban J connectivity index is 2.18. The molecule has 0 aliphatic heterocycles. The van der Waals surface area contributed by atoms with Crippen LogP contribution in [0.1, 0.15) is 31.0 Å². The average molecular weight is 499 g/mol. The number of carboxylic acids is 1. The number of aliphatic hydroxyl groups is 1. The van der Waals surface area contributed by atoms with Gasteiger partial charge < -0.3 is 20.8 Å². The third-order valence-corrected chi connectivity index (χ3v) is 5.37. The molecule has 0 aromatic heterocycles. The van der Waals surface area contributed by atoms with Crippen molar-refractivity contribution in [3.63, 3.8) is 0 Å². The summed E-state index contributed by atoms with van der Waals surface area (Å²) in [5.74, 6) is -3.75. The van der Waals surface area contributed by atoms with E-state index < -0.39 is 47.6 Å². The minimum atomic E-state index is -1.15. The summed E-state index contributed by atoms with van der Waals surface area (Å²) in [7, 11) is 0. The van der Waals surface area contributed by atoms with Crippen LogP contribution in [0, 0.1) is 17.6 Å². The number of amides is 1. The molecule has 2 unspecified atom stereocenters. The van der Waals surface area contributed by atoms with Gasteiger partial charge in [0.05, 0.1) is 18.1 Å². The maximum atomic E-state index is 13.5. The minimum absolute atomic E-state index is 0.00680.